The highest BCUT2D eigenvalue weighted by molar-refractivity contribution is 7.93. The van der Waals surface area contributed by atoms with Gasteiger partial charge in [0.15, 0.2) is 5.37 Å². The first kappa shape index (κ1) is 19.2. The van der Waals surface area contributed by atoms with Crippen LogP contribution in [-0.4, -0.2) is 45.4 Å². The summed E-state index contributed by atoms with van der Waals surface area (Å²) in [6.45, 7) is 3.25. The minimum Gasteiger partial charge on any atom is -0.468 e. The van der Waals surface area contributed by atoms with Crippen LogP contribution in [0, 0.1) is 12.8 Å². The topological polar surface area (TPSA) is 126 Å². The van der Waals surface area contributed by atoms with E-state index in [2.05, 4.69) is 25.6 Å². The number of hydrogen-bond acceptors (Lipinski definition) is 7. The van der Waals surface area contributed by atoms with Crippen molar-refractivity contribution >= 4 is 27.6 Å². The molecule has 1 aromatic rings. The summed E-state index contributed by atoms with van der Waals surface area (Å²) in [5, 5.41) is 1.20. The van der Waals surface area contributed by atoms with Crippen molar-refractivity contribution in [2.24, 2.45) is 5.92 Å². The van der Waals surface area contributed by atoms with Gasteiger partial charge in [-0.25, -0.2) is 13.8 Å². The molecule has 1 saturated heterocycles. The number of sulfonamides is 1. The zero-order chi connectivity index (χ0) is 18.6. The first-order valence-electron chi connectivity index (χ1n) is 7.68. The molecular formula is C15H22N4O5S. The summed E-state index contributed by atoms with van der Waals surface area (Å²) in [4.78, 5) is 23.5. The molecule has 10 heteroatoms. The van der Waals surface area contributed by atoms with E-state index in [0.29, 0.717) is 5.69 Å². The van der Waals surface area contributed by atoms with Gasteiger partial charge in [0.2, 0.25) is 5.91 Å². The van der Waals surface area contributed by atoms with Crippen LogP contribution >= 0.6 is 0 Å². The average Bonchev–Trinajstić information content (AvgIpc) is 2.97. The first-order valence-corrected chi connectivity index (χ1v) is 9.23. The maximum atomic E-state index is 12.7. The van der Waals surface area contributed by atoms with E-state index in [1.54, 1.807) is 31.2 Å². The monoisotopic (exact) mass is 370 g/mol. The Morgan fingerprint density at radius 2 is 1.84 bits per heavy atom. The summed E-state index contributed by atoms with van der Waals surface area (Å²) in [6.07, 6.45) is 0. The van der Waals surface area contributed by atoms with Gasteiger partial charge in [0.1, 0.15) is 6.54 Å². The second-order valence-corrected chi connectivity index (χ2v) is 7.63. The van der Waals surface area contributed by atoms with Crippen LogP contribution in [0.1, 0.15) is 12.5 Å². The lowest BCUT2D eigenvalue weighted by atomic mass is 10.0. The molecule has 1 heterocycles. The van der Waals surface area contributed by atoms with Crippen LogP contribution in [0.4, 0.5) is 5.69 Å². The smallest absolute Gasteiger partial charge is 0.325 e. The van der Waals surface area contributed by atoms with E-state index >= 15 is 0 Å². The summed E-state index contributed by atoms with van der Waals surface area (Å²) in [6, 6.07) is 6.40. The number of hydrazine groups is 1. The molecule has 0 aromatic heterocycles. The number of anilines is 1. The maximum absolute atomic E-state index is 12.7. The van der Waals surface area contributed by atoms with Crippen molar-refractivity contribution in [2.45, 2.75) is 25.3 Å². The minimum atomic E-state index is -3.90. The number of esters is 1. The number of carbonyl (C=O) groups excluding carboxylic acids is 2. The number of hydrogen-bond donors (Lipinski definition) is 4. The molecule has 3 unspecified atom stereocenters. The highest BCUT2D eigenvalue weighted by Crippen LogP contribution is 2.22. The highest BCUT2D eigenvalue weighted by Gasteiger charge is 2.46. The van der Waals surface area contributed by atoms with Crippen LogP contribution in [0.5, 0.6) is 0 Å². The SMILES string of the molecule is COC(=O)CNC(=O)C1C(C)NNC1S(=O)(=O)Nc1ccc(C)cc1. The second-order valence-electron chi connectivity index (χ2n) is 5.83. The molecule has 0 bridgehead atoms. The Hall–Kier alpha value is -2.17. The lowest BCUT2D eigenvalue weighted by molar-refractivity contribution is -0.141. The van der Waals surface area contributed by atoms with Crippen molar-refractivity contribution in [1.29, 1.82) is 0 Å². The lowest BCUT2D eigenvalue weighted by Gasteiger charge is -2.21. The summed E-state index contributed by atoms with van der Waals surface area (Å²) in [5.74, 6) is -2.10. The predicted octanol–water partition coefficient (Wildman–Crippen LogP) is -0.535. The molecule has 1 aliphatic heterocycles. The normalized spacial score (nSPS) is 23.1. The van der Waals surface area contributed by atoms with Crippen LogP contribution in [0.3, 0.4) is 0 Å². The largest absolute Gasteiger partial charge is 0.468 e. The number of nitrogens with one attached hydrogen (secondary N) is 4. The first-order chi connectivity index (χ1) is 11.7. The lowest BCUT2D eigenvalue weighted by Crippen LogP contribution is -2.48. The molecule has 1 amide bonds. The number of rotatable bonds is 6. The third-order valence-electron chi connectivity index (χ3n) is 3.90. The fourth-order valence-corrected chi connectivity index (χ4v) is 4.05. The summed E-state index contributed by atoms with van der Waals surface area (Å²) in [5.41, 5.74) is 6.79. The number of ether oxygens (including phenoxy) is 1. The van der Waals surface area contributed by atoms with E-state index in [9.17, 15) is 18.0 Å². The molecule has 138 valence electrons. The molecule has 4 N–H and O–H groups in total. The van der Waals surface area contributed by atoms with E-state index in [4.69, 9.17) is 0 Å². The highest BCUT2D eigenvalue weighted by atomic mass is 32.2. The Morgan fingerprint density at radius 3 is 2.44 bits per heavy atom. The summed E-state index contributed by atoms with van der Waals surface area (Å²) in [7, 11) is -2.69. The second kappa shape index (κ2) is 7.81. The molecule has 0 radical (unpaired) electrons. The van der Waals surface area contributed by atoms with Gasteiger partial charge < -0.3 is 10.1 Å². The van der Waals surface area contributed by atoms with Gasteiger partial charge in [-0.1, -0.05) is 17.7 Å². The molecule has 9 nitrogen and oxygen atoms in total. The van der Waals surface area contributed by atoms with E-state index in [1.165, 1.54) is 7.11 Å². The zero-order valence-corrected chi connectivity index (χ0v) is 15.0. The maximum Gasteiger partial charge on any atom is 0.325 e. The quantitative estimate of drug-likeness (QED) is 0.496. The Kier molecular flexibility index (Phi) is 5.98. The fourth-order valence-electron chi connectivity index (χ4n) is 2.49. The van der Waals surface area contributed by atoms with Gasteiger partial charge in [0.05, 0.1) is 13.0 Å². The summed E-state index contributed by atoms with van der Waals surface area (Å²) >= 11 is 0. The van der Waals surface area contributed by atoms with E-state index in [1.807, 2.05) is 6.92 Å². The summed E-state index contributed by atoms with van der Waals surface area (Å²) < 4.78 is 32.2. The van der Waals surface area contributed by atoms with Crippen LogP contribution in [-0.2, 0) is 24.3 Å². The molecule has 1 aliphatic rings. The molecule has 2 rings (SSSR count). The Bertz CT molecular complexity index is 735. The van der Waals surface area contributed by atoms with Crippen molar-refractivity contribution < 1.29 is 22.7 Å². The fraction of sp³-hybridized carbons (Fsp3) is 0.467. The van der Waals surface area contributed by atoms with Gasteiger partial charge >= 0.3 is 5.97 Å². The van der Waals surface area contributed by atoms with Crippen molar-refractivity contribution in [2.75, 3.05) is 18.4 Å². The third-order valence-corrected chi connectivity index (χ3v) is 5.50. The Balaban J connectivity index is 2.13. The standard InChI is InChI=1S/C15H22N4O5S/c1-9-4-6-11(7-5-9)19-25(22,23)15-13(10(2)17-18-15)14(21)16-8-12(20)24-3/h4-7,10,13,15,17-19H,8H2,1-3H3,(H,16,21). The number of benzene rings is 1. The molecule has 0 saturated carbocycles. The number of aryl methyl sites for hydroxylation is 1. The van der Waals surface area contributed by atoms with E-state index < -0.39 is 39.2 Å². The molecule has 1 fully saturated rings. The van der Waals surface area contributed by atoms with Crippen molar-refractivity contribution in [3.8, 4) is 0 Å². The van der Waals surface area contributed by atoms with Gasteiger partial charge in [-0.3, -0.25) is 19.7 Å². The van der Waals surface area contributed by atoms with Gasteiger partial charge in [-0.15, -0.1) is 0 Å². The molecule has 0 spiro atoms. The molecule has 25 heavy (non-hydrogen) atoms. The van der Waals surface area contributed by atoms with E-state index in [-0.39, 0.29) is 6.54 Å². The zero-order valence-electron chi connectivity index (χ0n) is 14.2. The van der Waals surface area contributed by atoms with Crippen LogP contribution in [0.15, 0.2) is 24.3 Å². The van der Waals surface area contributed by atoms with Crippen LogP contribution in [0.25, 0.3) is 0 Å². The molecule has 0 aliphatic carbocycles. The van der Waals surface area contributed by atoms with Gasteiger partial charge in [0.25, 0.3) is 10.0 Å². The van der Waals surface area contributed by atoms with Crippen molar-refractivity contribution in [1.82, 2.24) is 16.2 Å². The number of amides is 1. The van der Waals surface area contributed by atoms with Gasteiger partial charge in [-0.05, 0) is 26.0 Å². The minimum absolute atomic E-state index is 0.323. The van der Waals surface area contributed by atoms with E-state index in [0.717, 1.165) is 5.56 Å². The van der Waals surface area contributed by atoms with Crippen molar-refractivity contribution in [3.05, 3.63) is 29.8 Å². The number of methoxy groups -OCH3 is 1. The molecular weight excluding hydrogens is 348 g/mol. The number of carbonyl (C=O) groups is 2. The van der Waals surface area contributed by atoms with Crippen LogP contribution in [0.2, 0.25) is 0 Å². The molecule has 3 atom stereocenters. The molecule has 1 aromatic carbocycles. The average molecular weight is 370 g/mol. The Morgan fingerprint density at radius 1 is 1.20 bits per heavy atom. The van der Waals surface area contributed by atoms with Gasteiger partial charge in [0, 0.05) is 11.7 Å². The van der Waals surface area contributed by atoms with Crippen molar-refractivity contribution in [3.63, 3.8) is 0 Å². The third kappa shape index (κ3) is 4.68. The Labute approximate surface area is 146 Å². The predicted molar refractivity (Wildman–Crippen MR) is 91.8 cm³/mol. The van der Waals surface area contributed by atoms with Gasteiger partial charge in [-0.2, -0.15) is 0 Å². The van der Waals surface area contributed by atoms with Crippen LogP contribution < -0.4 is 20.9 Å².